The normalized spacial score (nSPS) is 17.3. The smallest absolute Gasteiger partial charge is 0.451 e. The average Bonchev–Trinajstić information content (AvgIpc) is 3.46. The summed E-state index contributed by atoms with van der Waals surface area (Å²) in [7, 11) is -2.94. The summed E-state index contributed by atoms with van der Waals surface area (Å²) in [5.74, 6) is -2.23. The van der Waals surface area contributed by atoms with Crippen LogP contribution < -0.4 is 4.74 Å². The van der Waals surface area contributed by atoms with E-state index in [1.165, 1.54) is 11.0 Å². The van der Waals surface area contributed by atoms with Crippen LogP contribution in [0.3, 0.4) is 0 Å². The molecule has 1 amide bonds. The van der Waals surface area contributed by atoms with E-state index in [0.29, 0.717) is 5.56 Å². The van der Waals surface area contributed by atoms with Crippen molar-refractivity contribution in [2.24, 2.45) is 6.98 Å². The molecule has 4 aromatic rings. The monoisotopic (exact) mass is 489 g/mol. The van der Waals surface area contributed by atoms with Gasteiger partial charge in [0.05, 0.1) is 28.8 Å². The molecular weight excluding hydrogens is 463 g/mol. The lowest BCUT2D eigenvalue weighted by molar-refractivity contribution is -0.148. The largest absolute Gasteiger partial charge is 0.480 e. The molecule has 4 heterocycles. The van der Waals surface area contributed by atoms with E-state index in [1.54, 1.807) is 30.3 Å². The number of halogens is 3. The van der Waals surface area contributed by atoms with Gasteiger partial charge < -0.3 is 18.8 Å². The van der Waals surface area contributed by atoms with E-state index in [-0.39, 0.29) is 47.7 Å². The van der Waals surface area contributed by atoms with E-state index in [2.05, 4.69) is 20.2 Å². The van der Waals surface area contributed by atoms with Crippen LogP contribution in [0.1, 0.15) is 25.4 Å². The number of aromatic nitrogens is 6. The molecule has 0 fully saturated rings. The number of hydrogen-bond acceptors (Lipinski definition) is 6. The van der Waals surface area contributed by atoms with Gasteiger partial charge in [0.1, 0.15) is 12.0 Å². The Hall–Kier alpha value is -4.22. The van der Waals surface area contributed by atoms with E-state index >= 15 is 0 Å². The molecule has 0 saturated carbocycles. The molecule has 1 aliphatic rings. The second-order valence-electron chi connectivity index (χ2n) is 7.63. The third-order valence-corrected chi connectivity index (χ3v) is 5.61. The zero-order chi connectivity index (χ0) is 29.7. The fraction of sp³-hybridized carbons (Fsp3) is 0.261. The zero-order valence-electron chi connectivity index (χ0n) is 23.8. The van der Waals surface area contributed by atoms with Crippen LogP contribution in [0.4, 0.5) is 13.2 Å². The third-order valence-electron chi connectivity index (χ3n) is 5.61. The molecule has 12 heteroatoms. The average molecular weight is 489 g/mol. The molecule has 0 aliphatic carbocycles. The van der Waals surface area contributed by atoms with Crippen molar-refractivity contribution in [1.82, 2.24) is 34.2 Å². The highest BCUT2D eigenvalue weighted by Crippen LogP contribution is 2.37. The van der Waals surface area contributed by atoms with Crippen LogP contribution in [0.5, 0.6) is 5.88 Å². The van der Waals surface area contributed by atoms with Crippen molar-refractivity contribution in [3.8, 4) is 17.1 Å². The number of amides is 1. The molecule has 9 nitrogen and oxygen atoms in total. The Labute approximate surface area is 205 Å². The lowest BCUT2D eigenvalue weighted by atomic mass is 10.1. The Bertz CT molecular complexity index is 1650. The highest BCUT2D eigenvalue weighted by molar-refractivity contribution is 6.02. The molecule has 3 aromatic heterocycles. The number of alkyl halides is 3. The number of methoxy groups -OCH3 is 1. The molecule has 0 spiro atoms. The Morgan fingerprint density at radius 1 is 1.17 bits per heavy atom. The Morgan fingerprint density at radius 2 is 2.00 bits per heavy atom. The summed E-state index contributed by atoms with van der Waals surface area (Å²) in [6.07, 6.45) is -1.34. The molecule has 0 saturated heterocycles. The van der Waals surface area contributed by atoms with Crippen LogP contribution in [0.25, 0.3) is 28.4 Å². The molecule has 0 radical (unpaired) electrons. The molecule has 1 aliphatic heterocycles. The van der Waals surface area contributed by atoms with Gasteiger partial charge in [-0.15, -0.1) is 10.2 Å². The van der Waals surface area contributed by atoms with E-state index in [9.17, 15) is 18.0 Å². The third kappa shape index (κ3) is 3.90. The van der Waals surface area contributed by atoms with Crippen LogP contribution >= 0.6 is 0 Å². The number of benzene rings is 1. The van der Waals surface area contributed by atoms with Gasteiger partial charge in [-0.05, 0) is 11.6 Å². The van der Waals surface area contributed by atoms with Gasteiger partial charge in [-0.2, -0.15) is 13.2 Å². The van der Waals surface area contributed by atoms with Gasteiger partial charge in [-0.1, -0.05) is 30.3 Å². The number of nitrogens with zero attached hydrogens (tertiary/aromatic N) is 7. The lowest BCUT2D eigenvalue weighted by Gasteiger charge is -2.27. The number of carbonyl (C=O) groups excluding carboxylic acids is 1. The second kappa shape index (κ2) is 8.53. The molecule has 5 rings (SSSR count). The number of rotatable bonds is 4. The van der Waals surface area contributed by atoms with Gasteiger partial charge in [-0.25, -0.2) is 9.97 Å². The summed E-state index contributed by atoms with van der Waals surface area (Å²) in [6, 6.07) is 8.30. The number of hydrogen-bond donors (Lipinski definition) is 0. The minimum absolute atomic E-state index is 0.0453. The minimum Gasteiger partial charge on any atom is -0.480 e. The Balaban J connectivity index is 1.62. The summed E-state index contributed by atoms with van der Waals surface area (Å²) < 4.78 is 93.7. The van der Waals surface area contributed by atoms with Gasteiger partial charge in [0, 0.05) is 35.8 Å². The van der Waals surface area contributed by atoms with Crippen LogP contribution in [0.2, 0.25) is 0 Å². The first-order valence-electron chi connectivity index (χ1n) is 13.3. The molecular formula is C23H20F3N7O2. The van der Waals surface area contributed by atoms with Crippen molar-refractivity contribution in [2.75, 3.05) is 13.6 Å². The summed E-state index contributed by atoms with van der Waals surface area (Å²) in [5.41, 5.74) is 0.444. The van der Waals surface area contributed by atoms with Crippen molar-refractivity contribution in [3.63, 3.8) is 0 Å². The maximum Gasteiger partial charge on any atom is 0.451 e. The molecule has 35 heavy (non-hydrogen) atoms. The van der Waals surface area contributed by atoms with Crippen LogP contribution in [0, 0.1) is 0 Å². The van der Waals surface area contributed by atoms with Gasteiger partial charge in [-0.3, -0.25) is 4.79 Å². The van der Waals surface area contributed by atoms with Crippen molar-refractivity contribution in [3.05, 3.63) is 59.9 Å². The van der Waals surface area contributed by atoms with E-state index < -0.39 is 37.8 Å². The summed E-state index contributed by atoms with van der Waals surface area (Å²) >= 11 is 0. The summed E-state index contributed by atoms with van der Waals surface area (Å²) in [4.78, 5) is 22.4. The SMILES string of the molecule is [2H]C([2H])([2H])Oc1ncnc2c1c(/C=C/C(=O)N1CCn3c(nnc3C(F)(F)F)C1)c(-c1ccccc1)n2C([2H])([2H])[2H]. The Morgan fingerprint density at radius 3 is 2.74 bits per heavy atom. The van der Waals surface area contributed by atoms with Gasteiger partial charge in [0.2, 0.25) is 17.6 Å². The van der Waals surface area contributed by atoms with Crippen LogP contribution in [-0.2, 0) is 31.0 Å². The molecule has 1 aromatic carbocycles. The zero-order valence-corrected chi connectivity index (χ0v) is 17.8. The van der Waals surface area contributed by atoms with E-state index in [1.807, 2.05) is 0 Å². The first-order valence-corrected chi connectivity index (χ1v) is 10.3. The summed E-state index contributed by atoms with van der Waals surface area (Å²) in [5, 5.41) is 6.71. The Kier molecular flexibility index (Phi) is 4.00. The highest BCUT2D eigenvalue weighted by Gasteiger charge is 2.39. The first kappa shape index (κ1) is 16.4. The van der Waals surface area contributed by atoms with E-state index in [0.717, 1.165) is 21.5 Å². The topological polar surface area (TPSA) is 91.0 Å². The van der Waals surface area contributed by atoms with E-state index in [4.69, 9.17) is 13.0 Å². The predicted molar refractivity (Wildman–Crippen MR) is 120 cm³/mol. The highest BCUT2D eigenvalue weighted by atomic mass is 19.4. The number of fused-ring (bicyclic) bond motifs is 2. The van der Waals surface area contributed by atoms with Crippen molar-refractivity contribution < 1.29 is 30.9 Å². The quantitative estimate of drug-likeness (QED) is 0.409. The standard InChI is InChI=1S/C23H20F3N7O2/c1-31-19(14-6-4-3-5-7-14)15(18-20(31)27-13-28-21(18)35-2)8-9-17(34)32-10-11-33-16(12-32)29-30-22(33)23(24,25)26/h3-9,13H,10-12H2,1-2H3/b9-8+/i1D3,2D3. The molecule has 0 atom stereocenters. The van der Waals surface area contributed by atoms with Crippen molar-refractivity contribution in [1.29, 1.82) is 0 Å². The molecule has 0 unspecified atom stereocenters. The maximum absolute atomic E-state index is 13.2. The predicted octanol–water partition coefficient (Wildman–Crippen LogP) is 3.31. The van der Waals surface area contributed by atoms with Gasteiger partial charge in [0.15, 0.2) is 5.82 Å². The van der Waals surface area contributed by atoms with Crippen molar-refractivity contribution in [2.45, 2.75) is 19.3 Å². The molecule has 0 N–H and O–H groups in total. The van der Waals surface area contributed by atoms with Gasteiger partial charge >= 0.3 is 6.18 Å². The van der Waals surface area contributed by atoms with Crippen LogP contribution in [-0.4, -0.2) is 53.7 Å². The van der Waals surface area contributed by atoms with Crippen molar-refractivity contribution >= 4 is 23.0 Å². The second-order valence-corrected chi connectivity index (χ2v) is 7.63. The van der Waals surface area contributed by atoms with Crippen LogP contribution in [0.15, 0.2) is 42.7 Å². The number of carbonyl (C=O) groups is 1. The number of aryl methyl sites for hydroxylation is 1. The van der Waals surface area contributed by atoms with Gasteiger partial charge in [0.25, 0.3) is 0 Å². The minimum atomic E-state index is -4.70. The maximum atomic E-state index is 13.2. The summed E-state index contributed by atoms with van der Waals surface area (Å²) in [6.45, 7) is -3.30. The molecule has 0 bridgehead atoms. The fourth-order valence-corrected chi connectivity index (χ4v) is 4.05. The number of ether oxygens (including phenoxy) is 1. The fourth-order valence-electron chi connectivity index (χ4n) is 4.05. The first-order chi connectivity index (χ1) is 19.1. The lowest BCUT2D eigenvalue weighted by Crippen LogP contribution is -2.38. The molecule has 180 valence electrons.